The Bertz CT molecular complexity index is 1550. The minimum atomic E-state index is -0.916. The van der Waals surface area contributed by atoms with Gasteiger partial charge in [0.15, 0.2) is 0 Å². The summed E-state index contributed by atoms with van der Waals surface area (Å²) in [6.07, 6.45) is 10.4. The first-order valence-electron chi connectivity index (χ1n) is 18.1. The maximum atomic E-state index is 12.9. The zero-order chi connectivity index (χ0) is 40.1. The van der Waals surface area contributed by atoms with E-state index < -0.39 is 65.2 Å². The van der Waals surface area contributed by atoms with Crippen LogP contribution in [0.4, 0.5) is 0 Å². The minimum absolute atomic E-state index is 0.00577. The van der Waals surface area contributed by atoms with Crippen LogP contribution in [0.5, 0.6) is 0 Å². The summed E-state index contributed by atoms with van der Waals surface area (Å²) >= 11 is 0. The highest BCUT2D eigenvalue weighted by Crippen LogP contribution is 2.20. The Kier molecular flexibility index (Phi) is 15.2. The Balaban J connectivity index is 1.20. The van der Waals surface area contributed by atoms with Gasteiger partial charge in [0, 0.05) is 101 Å². The fourth-order valence-corrected chi connectivity index (χ4v) is 6.50. The fourth-order valence-electron chi connectivity index (χ4n) is 6.50. The molecule has 0 bridgehead atoms. The standard InChI is InChI=1S/C37H44N6O12/c44-22-3-6-29(47)39(20-2-1-5-27(45)9-7-25(42-34(52)15-16-35(42)53)23-40-30(48)11-12-31(40)49)21-4-19-38-28(46)10-8-26(43-36(54)17-18-37(43)55)24-41-32(50)13-14-33(41)51/h11-18,25-26,44H,1-10,19-24H2,(H,38,46). The quantitative estimate of drug-likeness (QED) is 0.0874. The van der Waals surface area contributed by atoms with Crippen molar-refractivity contribution in [2.45, 2.75) is 76.3 Å². The van der Waals surface area contributed by atoms with Crippen molar-refractivity contribution < 1.29 is 57.8 Å². The summed E-state index contributed by atoms with van der Waals surface area (Å²) in [5.41, 5.74) is 0. The van der Waals surface area contributed by atoms with Gasteiger partial charge in [0.1, 0.15) is 5.78 Å². The molecule has 55 heavy (non-hydrogen) atoms. The molecule has 4 heterocycles. The van der Waals surface area contributed by atoms with Gasteiger partial charge in [-0.1, -0.05) is 0 Å². The number of nitrogens with one attached hydrogen (secondary N) is 1. The number of nitrogens with zero attached hydrogens (tertiary/aromatic N) is 5. The van der Waals surface area contributed by atoms with Crippen molar-refractivity contribution in [1.29, 1.82) is 0 Å². The molecule has 2 N–H and O–H groups in total. The first-order chi connectivity index (χ1) is 26.3. The molecule has 18 heteroatoms. The molecule has 2 atom stereocenters. The highest BCUT2D eigenvalue weighted by atomic mass is 16.3. The number of imide groups is 4. The van der Waals surface area contributed by atoms with Crippen molar-refractivity contribution in [2.24, 2.45) is 0 Å². The summed E-state index contributed by atoms with van der Waals surface area (Å²) in [6, 6.07) is -1.80. The van der Waals surface area contributed by atoms with E-state index >= 15 is 0 Å². The Hall–Kier alpha value is -5.91. The second-order valence-electron chi connectivity index (χ2n) is 13.3. The molecule has 18 nitrogen and oxygen atoms in total. The lowest BCUT2D eigenvalue weighted by molar-refractivity contribution is -0.145. The lowest BCUT2D eigenvalue weighted by Gasteiger charge is -2.29. The van der Waals surface area contributed by atoms with Gasteiger partial charge in [-0.05, 0) is 38.5 Å². The Morgan fingerprint density at radius 3 is 1.45 bits per heavy atom. The molecule has 4 aliphatic heterocycles. The normalized spacial score (nSPS) is 17.5. The van der Waals surface area contributed by atoms with Crippen LogP contribution in [0, 0.1) is 0 Å². The number of hydrogen-bond acceptors (Lipinski definition) is 12. The molecule has 0 fully saturated rings. The van der Waals surface area contributed by atoms with Crippen LogP contribution >= 0.6 is 0 Å². The monoisotopic (exact) mass is 764 g/mol. The minimum Gasteiger partial charge on any atom is -0.396 e. The molecular weight excluding hydrogens is 720 g/mol. The maximum absolute atomic E-state index is 12.9. The average molecular weight is 765 g/mol. The van der Waals surface area contributed by atoms with Crippen LogP contribution in [0.25, 0.3) is 0 Å². The molecule has 0 aromatic carbocycles. The van der Waals surface area contributed by atoms with Crippen molar-refractivity contribution in [3.05, 3.63) is 48.6 Å². The van der Waals surface area contributed by atoms with Crippen molar-refractivity contribution >= 4 is 64.9 Å². The Labute approximate surface area is 316 Å². The van der Waals surface area contributed by atoms with E-state index in [-0.39, 0.29) is 89.4 Å². The number of Topliss-reactive ketones (excluding diaryl/α,β-unsaturated/α-hetero) is 1. The SMILES string of the molecule is O=C(CCCCN(CCCNC(=O)CCC(CN1C(=O)C=CC1=O)N1C(=O)C=CC1=O)C(=O)CCCO)CCC(CN1C(=O)C=CC1=O)N1C(=O)C=CC1=O. The van der Waals surface area contributed by atoms with E-state index in [4.69, 9.17) is 0 Å². The van der Waals surface area contributed by atoms with Gasteiger partial charge in [0.2, 0.25) is 11.8 Å². The number of aliphatic hydroxyl groups is 1. The number of carbonyl (C=O) groups excluding carboxylic acids is 11. The predicted molar refractivity (Wildman–Crippen MR) is 189 cm³/mol. The Morgan fingerprint density at radius 1 is 0.545 bits per heavy atom. The van der Waals surface area contributed by atoms with E-state index in [1.807, 2.05) is 0 Å². The molecule has 294 valence electrons. The van der Waals surface area contributed by atoms with Gasteiger partial charge in [0.05, 0.1) is 25.2 Å². The van der Waals surface area contributed by atoms with Crippen LogP contribution in [0.15, 0.2) is 48.6 Å². The topological polar surface area (TPSA) is 236 Å². The molecule has 4 rings (SSSR count). The first kappa shape index (κ1) is 41.8. The van der Waals surface area contributed by atoms with E-state index in [0.29, 0.717) is 25.8 Å². The number of unbranched alkanes of at least 4 members (excludes halogenated alkanes) is 1. The Morgan fingerprint density at radius 2 is 0.982 bits per heavy atom. The maximum Gasteiger partial charge on any atom is 0.253 e. The fraction of sp³-hybridized carbons (Fsp3) is 0.486. The smallest absolute Gasteiger partial charge is 0.253 e. The van der Waals surface area contributed by atoms with E-state index in [2.05, 4.69) is 5.32 Å². The molecular formula is C37H44N6O12. The van der Waals surface area contributed by atoms with Crippen LogP contribution in [0.3, 0.4) is 0 Å². The molecule has 10 amide bonds. The summed E-state index contributed by atoms with van der Waals surface area (Å²) in [7, 11) is 0. The summed E-state index contributed by atoms with van der Waals surface area (Å²) < 4.78 is 0. The third-order valence-electron chi connectivity index (χ3n) is 9.43. The molecule has 0 spiro atoms. The molecule has 0 saturated carbocycles. The lowest BCUT2D eigenvalue weighted by Crippen LogP contribution is -2.49. The van der Waals surface area contributed by atoms with E-state index in [9.17, 15) is 57.8 Å². The third kappa shape index (κ3) is 11.5. The van der Waals surface area contributed by atoms with Crippen molar-refractivity contribution in [1.82, 2.24) is 29.8 Å². The predicted octanol–water partition coefficient (Wildman–Crippen LogP) is -1.17. The van der Waals surface area contributed by atoms with Gasteiger partial charge in [0.25, 0.3) is 47.3 Å². The number of carbonyl (C=O) groups is 11. The van der Waals surface area contributed by atoms with Gasteiger partial charge >= 0.3 is 0 Å². The highest BCUT2D eigenvalue weighted by Gasteiger charge is 2.37. The number of amides is 10. The number of aliphatic hydroxyl groups excluding tert-OH is 1. The summed E-state index contributed by atoms with van der Waals surface area (Å²) in [5, 5.41) is 12.0. The highest BCUT2D eigenvalue weighted by molar-refractivity contribution is 6.15. The van der Waals surface area contributed by atoms with Crippen molar-refractivity contribution in [3.8, 4) is 0 Å². The van der Waals surface area contributed by atoms with Gasteiger partial charge < -0.3 is 15.3 Å². The number of ketones is 1. The van der Waals surface area contributed by atoms with Crippen LogP contribution in [0.1, 0.15) is 64.2 Å². The summed E-state index contributed by atoms with van der Waals surface area (Å²) in [6.45, 7) is 0.0983. The van der Waals surface area contributed by atoms with Gasteiger partial charge in [-0.25, -0.2) is 0 Å². The van der Waals surface area contributed by atoms with Gasteiger partial charge in [-0.3, -0.25) is 72.3 Å². The van der Waals surface area contributed by atoms with Crippen LogP contribution in [-0.4, -0.2) is 146 Å². The zero-order valence-corrected chi connectivity index (χ0v) is 30.3. The first-order valence-corrected chi connectivity index (χ1v) is 18.1. The van der Waals surface area contributed by atoms with Crippen LogP contribution < -0.4 is 5.32 Å². The van der Waals surface area contributed by atoms with E-state index in [1.165, 1.54) is 0 Å². The van der Waals surface area contributed by atoms with Gasteiger partial charge in [-0.15, -0.1) is 0 Å². The summed E-state index contributed by atoms with van der Waals surface area (Å²) in [5.74, 6) is -5.50. The number of rotatable bonds is 24. The third-order valence-corrected chi connectivity index (χ3v) is 9.43. The number of hydrogen-bond donors (Lipinski definition) is 2. The van der Waals surface area contributed by atoms with Crippen molar-refractivity contribution in [2.75, 3.05) is 39.3 Å². The molecule has 0 aromatic rings. The molecule has 0 aliphatic carbocycles. The molecule has 0 aromatic heterocycles. The van der Waals surface area contributed by atoms with E-state index in [0.717, 1.165) is 68.2 Å². The lowest BCUT2D eigenvalue weighted by atomic mass is 10.0. The second kappa shape index (κ2) is 20.0. The molecule has 0 radical (unpaired) electrons. The van der Waals surface area contributed by atoms with Crippen molar-refractivity contribution in [3.63, 3.8) is 0 Å². The van der Waals surface area contributed by atoms with Crippen LogP contribution in [0.2, 0.25) is 0 Å². The van der Waals surface area contributed by atoms with Crippen LogP contribution in [-0.2, 0) is 52.7 Å². The van der Waals surface area contributed by atoms with Gasteiger partial charge in [-0.2, -0.15) is 0 Å². The van der Waals surface area contributed by atoms with E-state index in [1.54, 1.807) is 4.90 Å². The largest absolute Gasteiger partial charge is 0.396 e. The summed E-state index contributed by atoms with van der Waals surface area (Å²) in [4.78, 5) is 141. The average Bonchev–Trinajstić information content (AvgIpc) is 3.88. The second-order valence-corrected chi connectivity index (χ2v) is 13.3. The molecule has 0 saturated heterocycles. The zero-order valence-electron chi connectivity index (χ0n) is 30.3. The molecule has 4 aliphatic rings. The molecule has 2 unspecified atom stereocenters.